The first-order valence-electron chi connectivity index (χ1n) is 4.95. The zero-order chi connectivity index (χ0) is 14.6. The van der Waals surface area contributed by atoms with Gasteiger partial charge in [-0.15, -0.1) is 13.2 Å². The highest BCUT2D eigenvalue weighted by Crippen LogP contribution is 2.31. The van der Waals surface area contributed by atoms with Crippen LogP contribution in [0.4, 0.5) is 13.2 Å². The van der Waals surface area contributed by atoms with Gasteiger partial charge in [0.2, 0.25) is 0 Å². The first kappa shape index (κ1) is 15.6. The van der Waals surface area contributed by atoms with E-state index in [1.807, 2.05) is 0 Å². The van der Waals surface area contributed by atoms with E-state index in [4.69, 9.17) is 5.26 Å². The van der Waals surface area contributed by atoms with E-state index in [-0.39, 0.29) is 12.2 Å². The quantitative estimate of drug-likeness (QED) is 0.592. The van der Waals surface area contributed by atoms with Crippen LogP contribution in [-0.4, -0.2) is 18.9 Å². The highest BCUT2D eigenvalue weighted by molar-refractivity contribution is 14.1. The van der Waals surface area contributed by atoms with Crippen molar-refractivity contribution < 1.29 is 27.4 Å². The van der Waals surface area contributed by atoms with Gasteiger partial charge in [-0.05, 0) is 41.6 Å². The number of halogens is 4. The van der Waals surface area contributed by atoms with Gasteiger partial charge in [-0.3, -0.25) is 0 Å². The van der Waals surface area contributed by atoms with Crippen molar-refractivity contribution >= 4 is 28.6 Å². The van der Waals surface area contributed by atoms with Gasteiger partial charge in [-0.1, -0.05) is 0 Å². The minimum Gasteiger partial charge on any atom is -0.462 e. The van der Waals surface area contributed by atoms with Gasteiger partial charge in [0.15, 0.2) is 0 Å². The molecule has 0 fully saturated rings. The first-order chi connectivity index (χ1) is 8.80. The summed E-state index contributed by atoms with van der Waals surface area (Å²) in [5, 5.41) is 8.94. The molecule has 0 N–H and O–H groups in total. The molecule has 1 aromatic rings. The van der Waals surface area contributed by atoms with Crippen LogP contribution in [0.2, 0.25) is 0 Å². The molecule has 0 saturated heterocycles. The number of benzene rings is 1. The number of nitriles is 1. The highest BCUT2D eigenvalue weighted by atomic mass is 127. The Kier molecular flexibility index (Phi) is 4.99. The summed E-state index contributed by atoms with van der Waals surface area (Å²) in [7, 11) is 0. The van der Waals surface area contributed by atoms with Gasteiger partial charge in [-0.2, -0.15) is 5.26 Å². The second-order valence-corrected chi connectivity index (χ2v) is 4.34. The minimum atomic E-state index is -4.96. The number of esters is 1. The number of nitrogens with zero attached hydrogens (tertiary/aromatic N) is 1. The molecule has 0 heterocycles. The zero-order valence-electron chi connectivity index (χ0n) is 9.55. The molecule has 0 aliphatic rings. The number of rotatable bonds is 3. The van der Waals surface area contributed by atoms with Crippen molar-refractivity contribution in [3.05, 3.63) is 26.8 Å². The van der Waals surface area contributed by atoms with E-state index >= 15 is 0 Å². The molecule has 0 saturated carbocycles. The summed E-state index contributed by atoms with van der Waals surface area (Å²) >= 11 is 1.73. The second kappa shape index (κ2) is 6.10. The monoisotopic (exact) mass is 385 g/mol. The van der Waals surface area contributed by atoms with Gasteiger partial charge in [0, 0.05) is 3.57 Å². The van der Waals surface area contributed by atoms with Crippen molar-refractivity contribution in [2.75, 3.05) is 6.61 Å². The smallest absolute Gasteiger partial charge is 0.462 e. The van der Waals surface area contributed by atoms with Crippen molar-refractivity contribution in [3.63, 3.8) is 0 Å². The minimum absolute atomic E-state index is 0.0271. The molecule has 0 aromatic heterocycles. The van der Waals surface area contributed by atoms with Crippen LogP contribution in [0.3, 0.4) is 0 Å². The molecule has 1 rings (SSSR count). The molecule has 0 aliphatic carbocycles. The maximum atomic E-state index is 12.2. The van der Waals surface area contributed by atoms with Crippen LogP contribution in [0.15, 0.2) is 12.1 Å². The normalized spacial score (nSPS) is 10.7. The van der Waals surface area contributed by atoms with Crippen LogP contribution < -0.4 is 4.74 Å². The van der Waals surface area contributed by atoms with Gasteiger partial charge in [-0.25, -0.2) is 4.79 Å². The van der Waals surface area contributed by atoms with Crippen LogP contribution in [0.5, 0.6) is 5.75 Å². The lowest BCUT2D eigenvalue weighted by atomic mass is 10.1. The number of carbonyl (C=O) groups is 1. The van der Waals surface area contributed by atoms with Gasteiger partial charge in [0.25, 0.3) is 0 Å². The van der Waals surface area contributed by atoms with Crippen LogP contribution in [-0.2, 0) is 4.74 Å². The Morgan fingerprint density at radius 1 is 1.47 bits per heavy atom. The van der Waals surface area contributed by atoms with E-state index in [1.54, 1.807) is 28.7 Å². The maximum Gasteiger partial charge on any atom is 0.573 e. The molecule has 8 heteroatoms. The summed E-state index contributed by atoms with van der Waals surface area (Å²) in [6, 6.07) is 3.90. The first-order valence-corrected chi connectivity index (χ1v) is 6.03. The fourth-order valence-corrected chi connectivity index (χ4v) is 1.85. The molecular weight excluding hydrogens is 378 g/mol. The van der Waals surface area contributed by atoms with Gasteiger partial charge in [0.05, 0.1) is 12.2 Å². The van der Waals surface area contributed by atoms with E-state index in [0.29, 0.717) is 3.57 Å². The SMILES string of the molecule is CCOC(=O)c1c(OC(F)(F)F)ccc(I)c1C#N. The molecule has 0 spiro atoms. The highest BCUT2D eigenvalue weighted by Gasteiger charge is 2.34. The van der Waals surface area contributed by atoms with Crippen molar-refractivity contribution in [1.82, 2.24) is 0 Å². The molecule has 19 heavy (non-hydrogen) atoms. The molecule has 0 aliphatic heterocycles. The van der Waals surface area contributed by atoms with E-state index in [1.165, 1.54) is 13.0 Å². The average Bonchev–Trinajstić information content (AvgIpc) is 2.29. The van der Waals surface area contributed by atoms with Crippen molar-refractivity contribution in [2.45, 2.75) is 13.3 Å². The van der Waals surface area contributed by atoms with E-state index in [2.05, 4.69) is 9.47 Å². The molecule has 0 radical (unpaired) electrons. The van der Waals surface area contributed by atoms with Crippen LogP contribution in [0.25, 0.3) is 0 Å². The second-order valence-electron chi connectivity index (χ2n) is 3.18. The third-order valence-corrected chi connectivity index (χ3v) is 2.83. The third-order valence-electron chi connectivity index (χ3n) is 1.93. The largest absolute Gasteiger partial charge is 0.573 e. The summed E-state index contributed by atoms with van der Waals surface area (Å²) in [6.45, 7) is 1.47. The Balaban J connectivity index is 3.39. The maximum absolute atomic E-state index is 12.2. The Labute approximate surface area is 120 Å². The van der Waals surface area contributed by atoms with E-state index in [0.717, 1.165) is 6.07 Å². The van der Waals surface area contributed by atoms with E-state index < -0.39 is 23.6 Å². The summed E-state index contributed by atoms with van der Waals surface area (Å²) in [6.07, 6.45) is -4.96. The predicted molar refractivity (Wildman–Crippen MR) is 66.5 cm³/mol. The molecule has 0 atom stereocenters. The van der Waals surface area contributed by atoms with E-state index in [9.17, 15) is 18.0 Å². The zero-order valence-corrected chi connectivity index (χ0v) is 11.7. The third kappa shape index (κ3) is 3.99. The molecule has 0 bridgehead atoms. The van der Waals surface area contributed by atoms with Gasteiger partial charge < -0.3 is 9.47 Å². The lowest BCUT2D eigenvalue weighted by Crippen LogP contribution is -2.20. The molecule has 102 valence electrons. The Bertz CT molecular complexity index is 537. The number of carbonyl (C=O) groups excluding carboxylic acids is 1. The molecular formula is C11H7F3INO3. The lowest BCUT2D eigenvalue weighted by molar-refractivity contribution is -0.274. The molecule has 4 nitrogen and oxygen atoms in total. The summed E-state index contributed by atoms with van der Waals surface area (Å²) in [4.78, 5) is 11.7. The van der Waals surface area contributed by atoms with Gasteiger partial charge in [0.1, 0.15) is 17.4 Å². The Morgan fingerprint density at radius 2 is 2.11 bits per heavy atom. The molecule has 0 amide bonds. The topological polar surface area (TPSA) is 59.3 Å². The number of ether oxygens (including phenoxy) is 2. The lowest BCUT2D eigenvalue weighted by Gasteiger charge is -2.14. The number of hydrogen-bond donors (Lipinski definition) is 0. The fraction of sp³-hybridized carbons (Fsp3) is 0.273. The van der Waals surface area contributed by atoms with Crippen molar-refractivity contribution in [1.29, 1.82) is 5.26 Å². The predicted octanol–water partition coefficient (Wildman–Crippen LogP) is 3.24. The van der Waals surface area contributed by atoms with Crippen molar-refractivity contribution in [2.24, 2.45) is 0 Å². The fourth-order valence-electron chi connectivity index (χ4n) is 1.28. The van der Waals surface area contributed by atoms with Crippen molar-refractivity contribution in [3.8, 4) is 11.8 Å². The Hall–Kier alpha value is -1.50. The molecule has 0 unspecified atom stereocenters. The Morgan fingerprint density at radius 3 is 2.58 bits per heavy atom. The van der Waals surface area contributed by atoms with Gasteiger partial charge >= 0.3 is 12.3 Å². The van der Waals surface area contributed by atoms with Crippen LogP contribution >= 0.6 is 22.6 Å². The molecule has 1 aromatic carbocycles. The average molecular weight is 385 g/mol. The standard InChI is InChI=1S/C11H7F3INO3/c1-2-18-10(17)9-6(5-16)7(15)3-4-8(9)19-11(12,13)14/h3-4H,2H2,1H3. The summed E-state index contributed by atoms with van der Waals surface area (Å²) in [5.74, 6) is -1.78. The summed E-state index contributed by atoms with van der Waals surface area (Å²) < 4.78 is 45.5. The van der Waals surface area contributed by atoms with Crippen LogP contribution in [0.1, 0.15) is 22.8 Å². The number of hydrogen-bond acceptors (Lipinski definition) is 4. The van der Waals surface area contributed by atoms with Crippen LogP contribution in [0, 0.1) is 14.9 Å². The number of alkyl halides is 3. The summed E-state index contributed by atoms with van der Waals surface area (Å²) in [5.41, 5.74) is -0.727.